The van der Waals surface area contributed by atoms with Crippen LogP contribution in [-0.2, 0) is 6.42 Å². The van der Waals surface area contributed by atoms with Crippen LogP contribution < -0.4 is 0 Å². The summed E-state index contributed by atoms with van der Waals surface area (Å²) in [5, 5.41) is 0. The van der Waals surface area contributed by atoms with E-state index in [4.69, 9.17) is 0 Å². The molecule has 0 atom stereocenters. The van der Waals surface area contributed by atoms with Crippen LogP contribution in [0.5, 0.6) is 0 Å². The van der Waals surface area contributed by atoms with Gasteiger partial charge in [0.15, 0.2) is 0 Å². The molecule has 102 valence electrons. The molecule has 0 bridgehead atoms. The van der Waals surface area contributed by atoms with E-state index in [0.29, 0.717) is 5.71 Å². The minimum absolute atomic E-state index is 0.625. The van der Waals surface area contributed by atoms with Crippen LogP contribution in [0.1, 0.15) is 16.7 Å². The molecule has 0 heterocycles. The van der Waals surface area contributed by atoms with Crippen LogP contribution in [0.25, 0.3) is 5.53 Å². The first kappa shape index (κ1) is 14.2. The van der Waals surface area contributed by atoms with E-state index < -0.39 is 0 Å². The van der Waals surface area contributed by atoms with Gasteiger partial charge >= 0.3 is 5.71 Å². The lowest BCUT2D eigenvalue weighted by atomic mass is 9.96. The normalized spacial score (nSPS) is 10.3. The number of benzene rings is 2. The Morgan fingerprint density at radius 2 is 1.65 bits per heavy atom. The Morgan fingerprint density at radius 3 is 2.30 bits per heavy atom. The van der Waals surface area contributed by atoms with Crippen LogP contribution in [0, 0.1) is 0 Å². The summed E-state index contributed by atoms with van der Waals surface area (Å²) in [5.74, 6) is 0. The molecule has 3 nitrogen and oxygen atoms in total. The quantitative estimate of drug-likeness (QED) is 0.465. The van der Waals surface area contributed by atoms with Crippen molar-refractivity contribution in [3.63, 3.8) is 0 Å². The topological polar surface area (TPSA) is 39.6 Å². The lowest BCUT2D eigenvalue weighted by Crippen LogP contribution is -2.17. The summed E-state index contributed by atoms with van der Waals surface area (Å²) in [7, 11) is 4.11. The Balaban J connectivity index is 2.38. The van der Waals surface area contributed by atoms with Gasteiger partial charge in [0.1, 0.15) is 0 Å². The summed E-state index contributed by atoms with van der Waals surface area (Å²) in [6.45, 7) is 0.963. The highest BCUT2D eigenvalue weighted by Crippen LogP contribution is 2.15. The van der Waals surface area contributed by atoms with Crippen molar-refractivity contribution < 1.29 is 4.79 Å². The molecule has 0 N–H and O–H groups in total. The van der Waals surface area contributed by atoms with E-state index in [-0.39, 0.29) is 0 Å². The van der Waals surface area contributed by atoms with Gasteiger partial charge < -0.3 is 10.4 Å². The summed E-state index contributed by atoms with van der Waals surface area (Å²) in [4.78, 5) is 5.67. The van der Waals surface area contributed by atoms with Gasteiger partial charge in [-0.2, -0.15) is 4.79 Å². The predicted octanol–water partition coefficient (Wildman–Crippen LogP) is 2.86. The molecule has 0 saturated heterocycles. The SMILES string of the molecule is CN(C)CCc1ccccc1C(=[N+]=[N-])c1ccccc1. The van der Waals surface area contributed by atoms with Crippen molar-refractivity contribution in [2.75, 3.05) is 20.6 Å². The van der Waals surface area contributed by atoms with Crippen molar-refractivity contribution in [3.8, 4) is 0 Å². The highest BCUT2D eigenvalue weighted by atomic mass is 15.0. The first-order chi connectivity index (χ1) is 9.72. The molecule has 0 unspecified atom stereocenters. The first-order valence-corrected chi connectivity index (χ1v) is 6.73. The van der Waals surface area contributed by atoms with Gasteiger partial charge in [-0.3, -0.25) is 0 Å². The molecule has 0 fully saturated rings. The van der Waals surface area contributed by atoms with Crippen molar-refractivity contribution in [2.24, 2.45) is 0 Å². The monoisotopic (exact) mass is 265 g/mol. The summed E-state index contributed by atoms with van der Waals surface area (Å²) in [5.41, 5.74) is 13.1. The van der Waals surface area contributed by atoms with E-state index in [0.717, 1.165) is 24.1 Å². The van der Waals surface area contributed by atoms with Crippen molar-refractivity contribution in [2.45, 2.75) is 6.42 Å². The largest absolute Gasteiger partial charge is 0.361 e. The molecule has 2 rings (SSSR count). The number of nitrogens with zero attached hydrogens (tertiary/aromatic N) is 3. The van der Waals surface area contributed by atoms with E-state index in [9.17, 15) is 5.53 Å². The molecule has 0 aliphatic carbocycles. The number of hydrogen-bond acceptors (Lipinski definition) is 1. The summed E-state index contributed by atoms with van der Waals surface area (Å²) >= 11 is 0. The molecule has 2 aromatic carbocycles. The predicted molar refractivity (Wildman–Crippen MR) is 82.0 cm³/mol. The van der Waals surface area contributed by atoms with Crippen molar-refractivity contribution >= 4 is 5.71 Å². The van der Waals surface area contributed by atoms with Gasteiger partial charge in [-0.25, -0.2) is 0 Å². The number of hydrogen-bond donors (Lipinski definition) is 0. The summed E-state index contributed by atoms with van der Waals surface area (Å²) < 4.78 is 0. The average molecular weight is 265 g/mol. The third kappa shape index (κ3) is 3.41. The molecule has 0 aliphatic rings. The third-order valence-electron chi connectivity index (χ3n) is 3.25. The van der Waals surface area contributed by atoms with Crippen molar-refractivity contribution in [3.05, 3.63) is 76.8 Å². The van der Waals surface area contributed by atoms with Gasteiger partial charge in [-0.05, 0) is 44.3 Å². The van der Waals surface area contributed by atoms with E-state index in [2.05, 4.69) is 29.9 Å². The fourth-order valence-corrected chi connectivity index (χ4v) is 2.18. The maximum absolute atomic E-state index is 9.41. The standard InChI is InChI=1S/C17H19N3/c1-20(2)13-12-14-8-6-7-11-16(14)17(19-18)15-9-4-3-5-10-15/h3-11H,12-13H2,1-2H3. The zero-order valence-corrected chi connectivity index (χ0v) is 12.0. The van der Waals surface area contributed by atoms with Gasteiger partial charge in [0, 0.05) is 6.54 Å². The van der Waals surface area contributed by atoms with Gasteiger partial charge in [0.25, 0.3) is 0 Å². The Bertz CT molecular complexity index is 611. The number of likely N-dealkylation sites (N-methyl/N-ethyl adjacent to an activating group) is 1. The highest BCUT2D eigenvalue weighted by Gasteiger charge is 2.18. The molecular weight excluding hydrogens is 246 g/mol. The van der Waals surface area contributed by atoms with Crippen LogP contribution in [-0.4, -0.2) is 36.0 Å². The van der Waals surface area contributed by atoms with Crippen LogP contribution in [0.15, 0.2) is 54.6 Å². The maximum atomic E-state index is 9.41. The number of rotatable bonds is 5. The smallest absolute Gasteiger partial charge is 0.329 e. The Kier molecular flexibility index (Phi) is 4.83. The lowest BCUT2D eigenvalue weighted by Gasteiger charge is -2.11. The molecular formula is C17H19N3. The van der Waals surface area contributed by atoms with Gasteiger partial charge in [-0.1, -0.05) is 36.4 Å². The fourth-order valence-electron chi connectivity index (χ4n) is 2.18. The third-order valence-corrected chi connectivity index (χ3v) is 3.25. The molecule has 0 radical (unpaired) electrons. The van der Waals surface area contributed by atoms with Crippen LogP contribution >= 0.6 is 0 Å². The van der Waals surface area contributed by atoms with Gasteiger partial charge in [0.05, 0.1) is 11.1 Å². The zero-order chi connectivity index (χ0) is 14.4. The van der Waals surface area contributed by atoms with Gasteiger partial charge in [0.2, 0.25) is 0 Å². The second-order valence-electron chi connectivity index (χ2n) is 5.03. The van der Waals surface area contributed by atoms with Crippen LogP contribution in [0.2, 0.25) is 0 Å². The van der Waals surface area contributed by atoms with Crippen LogP contribution in [0.3, 0.4) is 0 Å². The molecule has 0 spiro atoms. The molecule has 0 amide bonds. The first-order valence-electron chi connectivity index (χ1n) is 6.73. The molecule has 0 saturated carbocycles. The fraction of sp³-hybridized carbons (Fsp3) is 0.235. The van der Waals surface area contributed by atoms with Crippen molar-refractivity contribution in [1.29, 1.82) is 0 Å². The maximum Gasteiger partial charge on any atom is 0.329 e. The Labute approximate surface area is 120 Å². The second kappa shape index (κ2) is 6.80. The Morgan fingerprint density at radius 1 is 1.00 bits per heavy atom. The van der Waals surface area contributed by atoms with Crippen LogP contribution in [0.4, 0.5) is 0 Å². The van der Waals surface area contributed by atoms with E-state index >= 15 is 0 Å². The van der Waals surface area contributed by atoms with Crippen molar-refractivity contribution in [1.82, 2.24) is 4.90 Å². The summed E-state index contributed by atoms with van der Waals surface area (Å²) in [6, 6.07) is 17.9. The molecule has 3 heteroatoms. The highest BCUT2D eigenvalue weighted by molar-refractivity contribution is 6.10. The minimum Gasteiger partial charge on any atom is -0.361 e. The molecule has 2 aromatic rings. The van der Waals surface area contributed by atoms with Gasteiger partial charge in [-0.15, -0.1) is 0 Å². The Hall–Kier alpha value is -2.22. The molecule has 20 heavy (non-hydrogen) atoms. The van der Waals surface area contributed by atoms with E-state index in [1.165, 1.54) is 5.56 Å². The zero-order valence-electron chi connectivity index (χ0n) is 12.0. The lowest BCUT2D eigenvalue weighted by molar-refractivity contribution is -0.00285. The summed E-state index contributed by atoms with van der Waals surface area (Å²) in [6.07, 6.45) is 0.926. The van der Waals surface area contributed by atoms with E-state index in [1.54, 1.807) is 0 Å². The second-order valence-corrected chi connectivity index (χ2v) is 5.03. The minimum atomic E-state index is 0.625. The van der Waals surface area contributed by atoms with E-state index in [1.807, 2.05) is 48.5 Å². The average Bonchev–Trinajstić information content (AvgIpc) is 2.48. The molecule has 0 aromatic heterocycles. The molecule has 0 aliphatic heterocycles.